The Hall–Kier alpha value is -9.12. The van der Waals surface area contributed by atoms with Crippen LogP contribution in [0.3, 0.4) is 0 Å². The molecule has 0 saturated heterocycles. The van der Waals surface area contributed by atoms with Crippen molar-refractivity contribution in [3.8, 4) is 23.0 Å². The Morgan fingerprint density at radius 3 is 1.16 bits per heavy atom. The molecule has 6 nitrogen and oxygen atoms in total. The highest BCUT2D eigenvalue weighted by atomic mass is 19.1. The van der Waals surface area contributed by atoms with Crippen LogP contribution in [0.25, 0.3) is 43.4 Å². The maximum Gasteiger partial charge on any atom is 0.137 e. The first-order valence-electron chi connectivity index (χ1n) is 24.8. The van der Waals surface area contributed by atoms with Gasteiger partial charge >= 0.3 is 0 Å². The summed E-state index contributed by atoms with van der Waals surface area (Å²) in [5, 5.41) is 3.96. The van der Waals surface area contributed by atoms with E-state index in [-0.39, 0.29) is 44.6 Å². The zero-order chi connectivity index (χ0) is 53.1. The first-order valence-corrected chi connectivity index (χ1v) is 24.8. The number of anilines is 2. The second-order valence-electron chi connectivity index (χ2n) is 19.7. The minimum atomic E-state index is -0.560. The Labute approximate surface area is 438 Å². The Bertz CT molecular complexity index is 3740. The third-order valence-corrected chi connectivity index (χ3v) is 14.1. The van der Waals surface area contributed by atoms with Crippen LogP contribution in [0.1, 0.15) is 49.9 Å². The number of nitrogens with two attached hydrogens (primary N) is 2. The Morgan fingerprint density at radius 2 is 0.763 bits per heavy atom. The molecule has 7 aromatic heterocycles. The van der Waals surface area contributed by atoms with Crippen LogP contribution in [0.15, 0.2) is 231 Å². The maximum atomic E-state index is 15.7. The molecule has 0 unspecified atom stereocenters. The van der Waals surface area contributed by atoms with Gasteiger partial charge in [0.25, 0.3) is 0 Å². The third kappa shape index (κ3) is 10.5. The molecule has 8 bridgehead atoms. The topological polar surface area (TPSA) is 78.7 Å². The van der Waals surface area contributed by atoms with Crippen LogP contribution < -0.4 is 26.2 Å². The molecule has 0 aliphatic carbocycles. The van der Waals surface area contributed by atoms with Crippen molar-refractivity contribution in [1.29, 1.82) is 0 Å². The fourth-order valence-corrected chi connectivity index (χ4v) is 9.51. The van der Waals surface area contributed by atoms with E-state index in [1.165, 1.54) is 75.5 Å². The largest absolute Gasteiger partial charge is 0.457 e. The van der Waals surface area contributed by atoms with Crippen molar-refractivity contribution in [2.75, 3.05) is 10.9 Å². The first kappa shape index (κ1) is 50.4. The minimum Gasteiger partial charge on any atom is -0.457 e. The molecular weight excluding hydrogens is 957 g/mol. The van der Waals surface area contributed by atoms with Crippen molar-refractivity contribution < 1.29 is 27.0 Å². The van der Waals surface area contributed by atoms with Crippen LogP contribution in [0.4, 0.5) is 28.9 Å². The van der Waals surface area contributed by atoms with Crippen molar-refractivity contribution in [3.63, 3.8) is 0 Å². The molecule has 0 radical (unpaired) electrons. The average molecular weight is 1010 g/mol. The molecule has 0 fully saturated rings. The smallest absolute Gasteiger partial charge is 0.137 e. The van der Waals surface area contributed by atoms with Gasteiger partial charge in [0.1, 0.15) is 46.3 Å². The summed E-state index contributed by atoms with van der Waals surface area (Å²) in [7, 11) is 0. The van der Waals surface area contributed by atoms with Crippen molar-refractivity contribution in [2.45, 2.75) is 38.5 Å². The predicted octanol–water partition coefficient (Wildman–Crippen LogP) is 17.4. The third-order valence-electron chi connectivity index (χ3n) is 14.1. The summed E-state index contributed by atoms with van der Waals surface area (Å²) in [5.41, 5.74) is 7.64. The molecule has 378 valence electrons. The molecule has 17 rings (SSSR count). The van der Waals surface area contributed by atoms with Crippen LogP contribution >= 0.6 is 0 Å². The molecule has 0 aliphatic heterocycles. The molecule has 0 atom stereocenters. The molecule has 0 saturated carbocycles. The van der Waals surface area contributed by atoms with Gasteiger partial charge in [-0.05, 0) is 118 Å². The lowest BCUT2D eigenvalue weighted by Crippen LogP contribution is -2.27. The van der Waals surface area contributed by atoms with Crippen molar-refractivity contribution in [3.05, 3.63) is 276 Å². The molecule has 4 N–H and O–H groups in total. The van der Waals surface area contributed by atoms with Gasteiger partial charge in [0.2, 0.25) is 0 Å². The maximum absolute atomic E-state index is 15.7. The normalized spacial score (nSPS) is 11.5. The number of hydrogen-bond acceptors (Lipinski definition) is 5. The van der Waals surface area contributed by atoms with E-state index < -0.39 is 23.3 Å². The van der Waals surface area contributed by atoms with Gasteiger partial charge in [0.15, 0.2) is 0 Å². The number of aromatic nitrogens is 1. The van der Waals surface area contributed by atoms with Gasteiger partial charge in [-0.25, -0.2) is 23.4 Å². The van der Waals surface area contributed by atoms with Crippen LogP contribution in [-0.2, 0) is 10.8 Å². The predicted molar refractivity (Wildman–Crippen MR) is 301 cm³/mol. The number of ether oxygens (including phenoxy) is 2. The zero-order valence-electron chi connectivity index (χ0n) is 42.3. The molecule has 10 aromatic carbocycles. The Morgan fingerprint density at radius 1 is 0.382 bits per heavy atom. The molecule has 76 heavy (non-hydrogen) atoms. The molecule has 17 aromatic rings. The highest BCUT2D eigenvalue weighted by Gasteiger charge is 2.26. The van der Waals surface area contributed by atoms with Gasteiger partial charge in [0.05, 0.1) is 22.4 Å². The fraction of sp³-hybridized carbons (Fsp3) is 0.0909. The van der Waals surface area contributed by atoms with Gasteiger partial charge in [-0.2, -0.15) is 0 Å². The summed E-state index contributed by atoms with van der Waals surface area (Å²) in [5.74, 6) is 12.0. The monoisotopic (exact) mass is 1010 g/mol. The average Bonchev–Trinajstić information content (AvgIpc) is 3.46. The van der Waals surface area contributed by atoms with Crippen molar-refractivity contribution >= 4 is 54.7 Å². The van der Waals surface area contributed by atoms with Gasteiger partial charge in [0, 0.05) is 56.6 Å². The van der Waals surface area contributed by atoms with Crippen LogP contribution in [-0.4, -0.2) is 4.68 Å². The number of hydrogen-bond donors (Lipinski definition) is 2. The van der Waals surface area contributed by atoms with Crippen molar-refractivity contribution in [1.82, 2.24) is 4.68 Å². The highest BCUT2D eigenvalue weighted by Crippen LogP contribution is 2.39. The summed E-state index contributed by atoms with van der Waals surface area (Å²) < 4.78 is 72.9. The molecule has 0 spiro atoms. The van der Waals surface area contributed by atoms with E-state index in [2.05, 4.69) is 137 Å². The molecule has 7 heterocycles. The number of halogens is 4. The van der Waals surface area contributed by atoms with Crippen LogP contribution in [0, 0.1) is 23.3 Å². The zero-order valence-corrected chi connectivity index (χ0v) is 42.3. The highest BCUT2D eigenvalue weighted by molar-refractivity contribution is 5.96. The van der Waals surface area contributed by atoms with E-state index in [0.717, 1.165) is 11.4 Å². The van der Waals surface area contributed by atoms with Gasteiger partial charge in [-0.15, -0.1) is 0 Å². The fourth-order valence-electron chi connectivity index (χ4n) is 9.51. The lowest BCUT2D eigenvalue weighted by atomic mass is 9.78. The number of benzene rings is 10. The Balaban J connectivity index is 0.000000182. The minimum absolute atomic E-state index is 0.116. The lowest BCUT2D eigenvalue weighted by molar-refractivity contribution is 0.482. The van der Waals surface area contributed by atoms with Crippen LogP contribution in [0.2, 0.25) is 0 Å². The van der Waals surface area contributed by atoms with E-state index in [1.54, 1.807) is 77.8 Å². The van der Waals surface area contributed by atoms with E-state index >= 15 is 8.78 Å². The SMILES string of the molecule is CC(C)(c1ccccc1)c1cccc(N(N)c2cccc(C(C)(C)c3ccccc3)c2)c1.Nn1c2ccc(c(Oc3cccc(F)c3)c2)c2ccc(cc2F)c2ccc(c(F)c2)c2ccc1cc2Oc1cccc(F)c1. The second kappa shape index (κ2) is 21.0. The summed E-state index contributed by atoms with van der Waals surface area (Å²) in [4.78, 5) is 0. The van der Waals surface area contributed by atoms with Crippen LogP contribution in [0.5, 0.6) is 23.0 Å². The number of hydrazine groups is 1. The lowest BCUT2D eigenvalue weighted by Gasteiger charge is -2.29. The number of rotatable bonds is 10. The first-order chi connectivity index (χ1) is 36.6. The summed E-state index contributed by atoms with van der Waals surface area (Å²) >= 11 is 0. The second-order valence-corrected chi connectivity index (χ2v) is 19.7. The van der Waals surface area contributed by atoms with E-state index in [9.17, 15) is 8.78 Å². The summed E-state index contributed by atoms with van der Waals surface area (Å²) in [6.45, 7) is 9.02. The number of nitrogens with zero attached hydrogens (tertiary/aromatic N) is 2. The van der Waals surface area contributed by atoms with Gasteiger partial charge < -0.3 is 15.3 Å². The van der Waals surface area contributed by atoms with Crippen molar-refractivity contribution in [2.24, 2.45) is 5.84 Å². The molecule has 0 amide bonds. The molecular formula is C66H54F4N4O2. The Kier molecular flexibility index (Phi) is 13.9. The van der Waals surface area contributed by atoms with E-state index in [4.69, 9.17) is 21.2 Å². The molecule has 10 heteroatoms. The standard InChI is InChI=1S/C36H22F4N2O2.C30H32N2/c37-23-3-1-5-27(17-23)43-35-19-25-9-13-31(35)29-11-7-21(15-33(29)39)22-8-12-30(34(40)16-22)32-14-10-26(42(25)41)20-36(32)44-28-6-2-4-24(38)18-28;1-29(2,23-13-7-5-8-14-23)25-17-11-19-27(21-25)32(31)28-20-12-18-26(22-28)30(3,4)24-15-9-6-10-16-24/h1-20H,41H2;5-22H,31H2,1-4H3. The summed E-state index contributed by atoms with van der Waals surface area (Å²) in [6.07, 6.45) is 0. The quantitative estimate of drug-likeness (QED) is 0.0811. The van der Waals surface area contributed by atoms with E-state index in [1.807, 2.05) is 0 Å². The summed E-state index contributed by atoms with van der Waals surface area (Å²) in [6, 6.07) is 68.6. The van der Waals surface area contributed by atoms with Gasteiger partial charge in [-0.1, -0.05) is 149 Å². The van der Waals surface area contributed by atoms with Gasteiger partial charge in [-0.3, -0.25) is 9.69 Å². The number of nitrogen functional groups attached to an aromatic ring is 1. The van der Waals surface area contributed by atoms with E-state index in [0.29, 0.717) is 32.6 Å². The molecule has 0 aliphatic rings.